The molecule has 2 unspecified atom stereocenters. The molecule has 0 aliphatic heterocycles. The van der Waals surface area contributed by atoms with Crippen LogP contribution >= 0.6 is 0 Å². The standard InChI is InChI=1S/C23H30F2O3/c1-17(13-24)15-27-22-11-8-19(9-12-22)23(2,3)18-5-4-6-21(10-7-18)28-16-20(26)14-25/h5-12,17,20,26H,4,13-16H2,1-3H3. The molecule has 0 saturated carbocycles. The average Bonchev–Trinajstić information content (AvgIpc) is 2.96. The molecular weight excluding hydrogens is 362 g/mol. The van der Waals surface area contributed by atoms with Gasteiger partial charge in [-0.15, -0.1) is 0 Å². The van der Waals surface area contributed by atoms with Crippen LogP contribution in [0.25, 0.3) is 0 Å². The van der Waals surface area contributed by atoms with Gasteiger partial charge in [-0.2, -0.15) is 0 Å². The maximum absolute atomic E-state index is 12.5. The molecule has 0 saturated heterocycles. The molecule has 1 N–H and O–H groups in total. The summed E-state index contributed by atoms with van der Waals surface area (Å²) in [5, 5.41) is 9.30. The third kappa shape index (κ3) is 6.20. The first-order valence-corrected chi connectivity index (χ1v) is 9.61. The Labute approximate surface area is 166 Å². The summed E-state index contributed by atoms with van der Waals surface area (Å²) < 4.78 is 36.0. The molecule has 0 aromatic heterocycles. The van der Waals surface area contributed by atoms with E-state index in [1.54, 1.807) is 0 Å². The van der Waals surface area contributed by atoms with Gasteiger partial charge in [-0.05, 0) is 41.8 Å². The SMILES string of the molecule is CC(CF)COc1ccc(C(C)(C)C2=CCC=C(OCC(O)CF)C=C2)cc1. The maximum atomic E-state index is 12.5. The number of hydrogen-bond donors (Lipinski definition) is 1. The zero-order valence-corrected chi connectivity index (χ0v) is 16.8. The Balaban J connectivity index is 2.02. The van der Waals surface area contributed by atoms with Gasteiger partial charge in [0.1, 0.15) is 30.9 Å². The predicted molar refractivity (Wildman–Crippen MR) is 108 cm³/mol. The zero-order valence-electron chi connectivity index (χ0n) is 16.8. The summed E-state index contributed by atoms with van der Waals surface area (Å²) in [5.74, 6) is 1.24. The first-order valence-electron chi connectivity index (χ1n) is 9.61. The maximum Gasteiger partial charge on any atom is 0.119 e. The fourth-order valence-corrected chi connectivity index (χ4v) is 2.84. The number of ether oxygens (including phenoxy) is 2. The fourth-order valence-electron chi connectivity index (χ4n) is 2.84. The molecule has 0 heterocycles. The summed E-state index contributed by atoms with van der Waals surface area (Å²) in [6.07, 6.45) is 7.47. The van der Waals surface area contributed by atoms with Gasteiger partial charge in [-0.3, -0.25) is 4.39 Å². The first kappa shape index (κ1) is 22.2. The Kier molecular flexibility index (Phi) is 8.24. The molecule has 0 fully saturated rings. The second kappa shape index (κ2) is 10.4. The van der Waals surface area contributed by atoms with Crippen molar-refractivity contribution in [3.05, 3.63) is 65.5 Å². The molecule has 0 spiro atoms. The van der Waals surface area contributed by atoms with Crippen LogP contribution in [0.2, 0.25) is 0 Å². The van der Waals surface area contributed by atoms with Crippen molar-refractivity contribution in [3.63, 3.8) is 0 Å². The Hall–Kier alpha value is -2.14. The van der Waals surface area contributed by atoms with E-state index in [2.05, 4.69) is 19.9 Å². The van der Waals surface area contributed by atoms with Crippen LogP contribution in [0.3, 0.4) is 0 Å². The lowest BCUT2D eigenvalue weighted by molar-refractivity contribution is 0.0574. The van der Waals surface area contributed by atoms with Crippen molar-refractivity contribution >= 4 is 0 Å². The number of rotatable bonds is 10. The van der Waals surface area contributed by atoms with Gasteiger partial charge >= 0.3 is 0 Å². The quantitative estimate of drug-likeness (QED) is 0.604. The third-order valence-electron chi connectivity index (χ3n) is 4.80. The number of benzene rings is 1. The molecule has 2 rings (SSSR count). The Morgan fingerprint density at radius 1 is 1.00 bits per heavy atom. The second-order valence-electron chi connectivity index (χ2n) is 7.67. The van der Waals surface area contributed by atoms with E-state index in [9.17, 15) is 13.9 Å². The monoisotopic (exact) mass is 392 g/mol. The number of halogens is 2. The summed E-state index contributed by atoms with van der Waals surface area (Å²) in [6.45, 7) is 5.18. The molecule has 0 radical (unpaired) electrons. The van der Waals surface area contributed by atoms with Gasteiger partial charge in [0, 0.05) is 11.3 Å². The minimum atomic E-state index is -1.10. The van der Waals surface area contributed by atoms with Crippen LogP contribution in [0.4, 0.5) is 8.78 Å². The molecular formula is C23H30F2O3. The molecule has 1 aromatic rings. The number of hydrogen-bond acceptors (Lipinski definition) is 3. The molecule has 5 heteroatoms. The molecule has 1 aliphatic carbocycles. The van der Waals surface area contributed by atoms with Crippen LogP contribution in [-0.2, 0) is 10.2 Å². The summed E-state index contributed by atoms with van der Waals surface area (Å²) >= 11 is 0. The summed E-state index contributed by atoms with van der Waals surface area (Å²) in [5.41, 5.74) is 2.03. The fraction of sp³-hybridized carbons (Fsp3) is 0.478. The topological polar surface area (TPSA) is 38.7 Å². The highest BCUT2D eigenvalue weighted by molar-refractivity contribution is 5.44. The predicted octanol–water partition coefficient (Wildman–Crippen LogP) is 5.07. The minimum absolute atomic E-state index is 0.0616. The highest BCUT2D eigenvalue weighted by Crippen LogP contribution is 2.34. The number of allylic oxidation sites excluding steroid dienone is 5. The van der Waals surface area contributed by atoms with Crippen molar-refractivity contribution in [1.82, 2.24) is 0 Å². The molecule has 2 atom stereocenters. The highest BCUT2D eigenvalue weighted by Gasteiger charge is 2.24. The number of aliphatic hydroxyl groups is 1. The lowest BCUT2D eigenvalue weighted by atomic mass is 9.77. The largest absolute Gasteiger partial charge is 0.493 e. The smallest absolute Gasteiger partial charge is 0.119 e. The Bertz CT molecular complexity index is 705. The molecule has 1 aromatic carbocycles. The van der Waals surface area contributed by atoms with Gasteiger partial charge in [0.15, 0.2) is 0 Å². The molecule has 0 amide bonds. The molecule has 1 aliphatic rings. The molecule has 3 nitrogen and oxygen atoms in total. The van der Waals surface area contributed by atoms with Crippen molar-refractivity contribution in [2.45, 2.75) is 38.7 Å². The molecule has 154 valence electrons. The van der Waals surface area contributed by atoms with E-state index in [0.717, 1.165) is 16.9 Å². The van der Waals surface area contributed by atoms with Crippen molar-refractivity contribution in [3.8, 4) is 5.75 Å². The van der Waals surface area contributed by atoms with E-state index in [0.29, 0.717) is 18.8 Å². The summed E-state index contributed by atoms with van der Waals surface area (Å²) in [7, 11) is 0. The Morgan fingerprint density at radius 3 is 2.36 bits per heavy atom. The second-order valence-corrected chi connectivity index (χ2v) is 7.67. The van der Waals surface area contributed by atoms with E-state index in [1.807, 2.05) is 49.4 Å². The van der Waals surface area contributed by atoms with Crippen molar-refractivity contribution in [2.75, 3.05) is 26.6 Å². The van der Waals surface area contributed by atoms with Gasteiger partial charge in [-0.25, -0.2) is 4.39 Å². The van der Waals surface area contributed by atoms with Gasteiger partial charge < -0.3 is 14.6 Å². The van der Waals surface area contributed by atoms with Crippen molar-refractivity contribution in [2.24, 2.45) is 5.92 Å². The number of alkyl halides is 2. The van der Waals surface area contributed by atoms with Gasteiger partial charge in [0.2, 0.25) is 0 Å². The van der Waals surface area contributed by atoms with Crippen LogP contribution in [0, 0.1) is 5.92 Å². The van der Waals surface area contributed by atoms with Crippen molar-refractivity contribution in [1.29, 1.82) is 0 Å². The average molecular weight is 392 g/mol. The van der Waals surface area contributed by atoms with E-state index in [1.165, 1.54) is 0 Å². The van der Waals surface area contributed by atoms with Crippen molar-refractivity contribution < 1.29 is 23.4 Å². The van der Waals surface area contributed by atoms with E-state index < -0.39 is 19.5 Å². The lowest BCUT2D eigenvalue weighted by Crippen LogP contribution is -2.19. The minimum Gasteiger partial charge on any atom is -0.493 e. The summed E-state index contributed by atoms with van der Waals surface area (Å²) in [4.78, 5) is 0. The number of aliphatic hydroxyl groups excluding tert-OH is 1. The third-order valence-corrected chi connectivity index (χ3v) is 4.80. The van der Waals surface area contributed by atoms with Crippen LogP contribution in [0.1, 0.15) is 32.8 Å². The van der Waals surface area contributed by atoms with Crippen LogP contribution in [-0.4, -0.2) is 37.8 Å². The first-order chi connectivity index (χ1) is 13.4. The van der Waals surface area contributed by atoms with E-state index >= 15 is 0 Å². The van der Waals surface area contributed by atoms with Crippen LogP contribution in [0.5, 0.6) is 5.75 Å². The highest BCUT2D eigenvalue weighted by atomic mass is 19.1. The van der Waals surface area contributed by atoms with E-state index in [4.69, 9.17) is 9.47 Å². The van der Waals surface area contributed by atoms with Crippen LogP contribution < -0.4 is 4.74 Å². The molecule has 28 heavy (non-hydrogen) atoms. The van der Waals surface area contributed by atoms with Gasteiger partial charge in [-0.1, -0.05) is 45.1 Å². The molecule has 0 bridgehead atoms. The zero-order chi connectivity index (χ0) is 20.6. The van der Waals surface area contributed by atoms with E-state index in [-0.39, 0.29) is 17.9 Å². The van der Waals surface area contributed by atoms with Crippen LogP contribution in [0.15, 0.2) is 59.9 Å². The Morgan fingerprint density at radius 2 is 1.71 bits per heavy atom. The van der Waals surface area contributed by atoms with Gasteiger partial charge in [0.25, 0.3) is 0 Å². The lowest BCUT2D eigenvalue weighted by Gasteiger charge is -2.27. The van der Waals surface area contributed by atoms with Gasteiger partial charge in [0.05, 0.1) is 13.3 Å². The normalized spacial score (nSPS) is 16.6. The summed E-state index contributed by atoms with van der Waals surface area (Å²) in [6, 6.07) is 7.87.